The molecule has 1 aromatic heterocycles. The highest BCUT2D eigenvalue weighted by Crippen LogP contribution is 2.41. The Labute approximate surface area is 207 Å². The number of nitrogens with zero attached hydrogens (tertiary/aromatic N) is 2. The standard InChI is InChI=1S/C27H25BrN2O4/c1-17(2)16-34-22-8-5-6-19(14-22)24-23(25(31)18-9-11-20(28)12-10-18)26(32)27(33)30(24)15-21-7-3-4-13-29-21/h3-14,17,24,31H,15-16H2,1-2H3/b25-23-. The van der Waals surface area contributed by atoms with Crippen molar-refractivity contribution < 1.29 is 19.4 Å². The number of benzene rings is 2. The van der Waals surface area contributed by atoms with Crippen molar-refractivity contribution in [2.45, 2.75) is 26.4 Å². The summed E-state index contributed by atoms with van der Waals surface area (Å²) in [6.45, 7) is 4.79. The number of Topliss-reactive ketones (excluding diaryl/α,β-unsaturated/α-hetero) is 1. The molecule has 1 amide bonds. The van der Waals surface area contributed by atoms with Crippen molar-refractivity contribution in [1.82, 2.24) is 9.88 Å². The van der Waals surface area contributed by atoms with E-state index in [4.69, 9.17) is 4.74 Å². The summed E-state index contributed by atoms with van der Waals surface area (Å²) in [4.78, 5) is 32.1. The van der Waals surface area contributed by atoms with Crippen LogP contribution in [0.4, 0.5) is 0 Å². The van der Waals surface area contributed by atoms with Crippen LogP contribution in [0.1, 0.15) is 36.7 Å². The third-order valence-corrected chi connectivity index (χ3v) is 6.00. The number of hydrogen-bond acceptors (Lipinski definition) is 5. The second kappa shape index (κ2) is 10.2. The van der Waals surface area contributed by atoms with E-state index in [9.17, 15) is 14.7 Å². The summed E-state index contributed by atoms with van der Waals surface area (Å²) in [7, 11) is 0. The molecule has 1 aliphatic heterocycles. The van der Waals surface area contributed by atoms with Crippen LogP contribution in [0.3, 0.4) is 0 Å². The molecule has 0 bridgehead atoms. The van der Waals surface area contributed by atoms with Gasteiger partial charge >= 0.3 is 0 Å². The summed E-state index contributed by atoms with van der Waals surface area (Å²) < 4.78 is 6.72. The number of pyridine rings is 1. The molecule has 6 nitrogen and oxygen atoms in total. The summed E-state index contributed by atoms with van der Waals surface area (Å²) in [5.74, 6) is -0.639. The molecule has 0 saturated carbocycles. The summed E-state index contributed by atoms with van der Waals surface area (Å²) in [6, 6.07) is 18.9. The van der Waals surface area contributed by atoms with E-state index in [0.29, 0.717) is 35.1 Å². The van der Waals surface area contributed by atoms with Crippen molar-refractivity contribution >= 4 is 33.4 Å². The number of amides is 1. The first-order chi connectivity index (χ1) is 16.3. The molecule has 2 aromatic carbocycles. The molecule has 1 saturated heterocycles. The topological polar surface area (TPSA) is 79.7 Å². The normalized spacial score (nSPS) is 17.4. The van der Waals surface area contributed by atoms with Crippen molar-refractivity contribution in [2.24, 2.45) is 5.92 Å². The monoisotopic (exact) mass is 520 g/mol. The van der Waals surface area contributed by atoms with Crippen LogP contribution in [0.5, 0.6) is 5.75 Å². The largest absolute Gasteiger partial charge is 0.507 e. The number of aliphatic hydroxyl groups is 1. The van der Waals surface area contributed by atoms with Gasteiger partial charge in [0.1, 0.15) is 11.5 Å². The van der Waals surface area contributed by atoms with Crippen LogP contribution in [0.25, 0.3) is 5.76 Å². The van der Waals surface area contributed by atoms with Crippen molar-refractivity contribution in [3.63, 3.8) is 0 Å². The Kier molecular flexibility index (Phi) is 7.12. The molecule has 1 atom stereocenters. The quantitative estimate of drug-likeness (QED) is 0.252. The van der Waals surface area contributed by atoms with Crippen LogP contribution in [-0.2, 0) is 16.1 Å². The minimum Gasteiger partial charge on any atom is -0.507 e. The Bertz CT molecular complexity index is 1220. The van der Waals surface area contributed by atoms with Crippen molar-refractivity contribution in [3.05, 3.63) is 99.8 Å². The number of likely N-dealkylation sites (tertiary alicyclic amines) is 1. The van der Waals surface area contributed by atoms with Gasteiger partial charge in [-0.15, -0.1) is 0 Å². The lowest BCUT2D eigenvalue weighted by molar-refractivity contribution is -0.140. The number of hydrogen-bond donors (Lipinski definition) is 1. The fourth-order valence-electron chi connectivity index (χ4n) is 3.86. The Morgan fingerprint density at radius 1 is 1.09 bits per heavy atom. The zero-order chi connectivity index (χ0) is 24.2. The van der Waals surface area contributed by atoms with Crippen molar-refractivity contribution in [3.8, 4) is 5.75 Å². The summed E-state index contributed by atoms with van der Waals surface area (Å²) in [5, 5.41) is 11.2. The van der Waals surface area contributed by atoms with Gasteiger partial charge in [-0.25, -0.2) is 0 Å². The summed E-state index contributed by atoms with van der Waals surface area (Å²) in [5.41, 5.74) is 1.82. The fourth-order valence-corrected chi connectivity index (χ4v) is 4.12. The molecule has 0 spiro atoms. The number of carbonyl (C=O) groups excluding carboxylic acids is 2. The number of aliphatic hydroxyl groups excluding tert-OH is 1. The van der Waals surface area contributed by atoms with Gasteiger partial charge in [0.05, 0.1) is 30.5 Å². The lowest BCUT2D eigenvalue weighted by atomic mass is 9.95. The average molecular weight is 521 g/mol. The number of ether oxygens (including phenoxy) is 1. The molecule has 4 rings (SSSR count). The maximum Gasteiger partial charge on any atom is 0.296 e. The van der Waals surface area contributed by atoms with Gasteiger partial charge in [0.25, 0.3) is 11.7 Å². The van der Waals surface area contributed by atoms with E-state index < -0.39 is 17.7 Å². The molecule has 1 unspecified atom stereocenters. The third kappa shape index (κ3) is 5.04. The van der Waals surface area contributed by atoms with E-state index in [1.807, 2.05) is 30.3 Å². The molecule has 1 N–H and O–H groups in total. The Balaban J connectivity index is 1.82. The molecular formula is C27H25BrN2O4. The molecule has 3 aromatic rings. The maximum atomic E-state index is 13.2. The predicted octanol–water partition coefficient (Wildman–Crippen LogP) is 5.50. The van der Waals surface area contributed by atoms with Gasteiger partial charge in [0, 0.05) is 16.2 Å². The molecular weight excluding hydrogens is 496 g/mol. The number of aromatic nitrogens is 1. The van der Waals surface area contributed by atoms with Gasteiger partial charge in [-0.1, -0.05) is 60.1 Å². The summed E-state index contributed by atoms with van der Waals surface area (Å²) in [6.07, 6.45) is 1.64. The van der Waals surface area contributed by atoms with Crippen LogP contribution >= 0.6 is 15.9 Å². The minimum atomic E-state index is -0.784. The SMILES string of the molecule is CC(C)COc1cccc(C2/C(=C(/O)c3ccc(Br)cc3)C(=O)C(=O)N2Cc2ccccn2)c1. The van der Waals surface area contributed by atoms with Crippen molar-refractivity contribution in [1.29, 1.82) is 0 Å². The van der Waals surface area contributed by atoms with Crippen molar-refractivity contribution in [2.75, 3.05) is 6.61 Å². The molecule has 7 heteroatoms. The highest BCUT2D eigenvalue weighted by Gasteiger charge is 2.46. The van der Waals surface area contributed by atoms with E-state index in [-0.39, 0.29) is 17.9 Å². The smallest absolute Gasteiger partial charge is 0.296 e. The average Bonchev–Trinajstić information content (AvgIpc) is 3.08. The number of halogens is 1. The first kappa shape index (κ1) is 23.7. The van der Waals surface area contributed by atoms with Gasteiger partial charge in [-0.05, 0) is 47.9 Å². The minimum absolute atomic E-state index is 0.0456. The molecule has 34 heavy (non-hydrogen) atoms. The number of rotatable bonds is 7. The molecule has 2 heterocycles. The zero-order valence-corrected chi connectivity index (χ0v) is 20.5. The molecule has 0 aliphatic carbocycles. The Hall–Kier alpha value is -3.45. The van der Waals surface area contributed by atoms with Crippen LogP contribution in [-0.4, -0.2) is 33.3 Å². The Morgan fingerprint density at radius 3 is 2.53 bits per heavy atom. The Morgan fingerprint density at radius 2 is 1.85 bits per heavy atom. The van der Waals surface area contributed by atoms with E-state index >= 15 is 0 Å². The van der Waals surface area contributed by atoms with Crippen LogP contribution in [0.15, 0.2) is 83.0 Å². The van der Waals surface area contributed by atoms with Crippen LogP contribution in [0, 0.1) is 5.92 Å². The van der Waals surface area contributed by atoms with Gasteiger partial charge < -0.3 is 14.7 Å². The molecule has 0 radical (unpaired) electrons. The lowest BCUT2D eigenvalue weighted by Crippen LogP contribution is -2.29. The summed E-state index contributed by atoms with van der Waals surface area (Å²) >= 11 is 3.38. The van der Waals surface area contributed by atoms with Gasteiger partial charge in [-0.2, -0.15) is 0 Å². The fraction of sp³-hybridized carbons (Fsp3) is 0.222. The maximum absolute atomic E-state index is 13.2. The second-order valence-corrected chi connectivity index (χ2v) is 9.45. The van der Waals surface area contributed by atoms with E-state index in [1.54, 1.807) is 42.6 Å². The highest BCUT2D eigenvalue weighted by molar-refractivity contribution is 9.10. The lowest BCUT2D eigenvalue weighted by Gasteiger charge is -2.25. The second-order valence-electron chi connectivity index (χ2n) is 8.53. The van der Waals surface area contributed by atoms with Gasteiger partial charge in [0.15, 0.2) is 0 Å². The van der Waals surface area contributed by atoms with Crippen LogP contribution < -0.4 is 4.74 Å². The number of ketones is 1. The third-order valence-electron chi connectivity index (χ3n) is 5.47. The highest BCUT2D eigenvalue weighted by atomic mass is 79.9. The molecule has 174 valence electrons. The van der Waals surface area contributed by atoms with E-state index in [0.717, 1.165) is 4.47 Å². The first-order valence-corrected chi connectivity index (χ1v) is 11.8. The number of carbonyl (C=O) groups is 2. The van der Waals surface area contributed by atoms with Gasteiger partial charge in [0.2, 0.25) is 0 Å². The predicted molar refractivity (Wildman–Crippen MR) is 133 cm³/mol. The van der Waals surface area contributed by atoms with Crippen LogP contribution in [0.2, 0.25) is 0 Å². The molecule has 1 aliphatic rings. The van der Waals surface area contributed by atoms with Gasteiger partial charge in [-0.3, -0.25) is 14.6 Å². The van der Waals surface area contributed by atoms with E-state index in [1.165, 1.54) is 4.90 Å². The van der Waals surface area contributed by atoms with E-state index in [2.05, 4.69) is 34.8 Å². The molecule has 1 fully saturated rings. The first-order valence-electron chi connectivity index (χ1n) is 11.0. The zero-order valence-electron chi connectivity index (χ0n) is 18.9.